The van der Waals surface area contributed by atoms with Crippen molar-refractivity contribution >= 4 is 21.7 Å². The predicted octanol–water partition coefficient (Wildman–Crippen LogP) is 7.49. The number of fused-ring (bicyclic) bond motifs is 5. The van der Waals surface area contributed by atoms with Crippen molar-refractivity contribution in [2.75, 3.05) is 27.0 Å². The summed E-state index contributed by atoms with van der Waals surface area (Å²) in [6, 6.07) is 28.4. The molecule has 0 amide bonds. The molecule has 6 heteroatoms. The summed E-state index contributed by atoms with van der Waals surface area (Å²) < 4.78 is 33.0. The van der Waals surface area contributed by atoms with Gasteiger partial charge in [-0.3, -0.25) is 4.90 Å². The lowest BCUT2D eigenvalue weighted by Gasteiger charge is -2.64. The number of benzene rings is 4. The van der Waals surface area contributed by atoms with E-state index in [4.69, 9.17) is 23.4 Å². The van der Waals surface area contributed by atoms with E-state index in [1.807, 2.05) is 0 Å². The third-order valence-electron chi connectivity index (χ3n) is 11.5. The van der Waals surface area contributed by atoms with Gasteiger partial charge < -0.3 is 23.4 Å². The van der Waals surface area contributed by atoms with E-state index in [0.717, 1.165) is 61.1 Å². The Hall–Kier alpha value is -3.84. The summed E-state index contributed by atoms with van der Waals surface area (Å²) in [6.07, 6.45) is 5.05. The molecule has 3 heterocycles. The first-order valence-corrected chi connectivity index (χ1v) is 16.5. The molecule has 4 atom stereocenters. The minimum atomic E-state index is -0.506. The molecule has 228 valence electrons. The summed E-state index contributed by atoms with van der Waals surface area (Å²) in [5.74, 6) is 3.33. The molecule has 2 aliphatic heterocycles. The number of piperidine rings is 1. The van der Waals surface area contributed by atoms with Gasteiger partial charge >= 0.3 is 0 Å². The maximum Gasteiger partial charge on any atom is 0.188 e. The fourth-order valence-corrected chi connectivity index (χ4v) is 9.43. The molecular weight excluding hydrogens is 562 g/mol. The van der Waals surface area contributed by atoms with Crippen LogP contribution >= 0.6 is 0 Å². The second kappa shape index (κ2) is 9.58. The van der Waals surface area contributed by atoms with Gasteiger partial charge in [-0.15, -0.1) is 0 Å². The van der Waals surface area contributed by atoms with Crippen LogP contribution in [0.4, 0.5) is 0 Å². The molecule has 0 N–H and O–H groups in total. The van der Waals surface area contributed by atoms with E-state index in [-0.39, 0.29) is 18.9 Å². The zero-order valence-electron chi connectivity index (χ0n) is 25.6. The van der Waals surface area contributed by atoms with E-state index in [9.17, 15) is 0 Å². The molecule has 1 saturated heterocycles. The maximum absolute atomic E-state index is 7.63. The summed E-state index contributed by atoms with van der Waals surface area (Å²) in [4.78, 5) is 2.78. The lowest BCUT2D eigenvalue weighted by molar-refractivity contribution is -0.212. The summed E-state index contributed by atoms with van der Waals surface area (Å²) >= 11 is 0. The van der Waals surface area contributed by atoms with Crippen LogP contribution in [0.1, 0.15) is 53.4 Å². The largest absolute Gasteiger partial charge is 0.477 e. The van der Waals surface area contributed by atoms with Crippen LogP contribution < -0.4 is 9.47 Å². The Morgan fingerprint density at radius 3 is 2.71 bits per heavy atom. The number of nitrogens with zero attached hydrogens (tertiary/aromatic N) is 1. The molecule has 6 nitrogen and oxygen atoms in total. The molecule has 1 aromatic heterocycles. The first-order valence-electron chi connectivity index (χ1n) is 16.5. The van der Waals surface area contributed by atoms with Crippen LogP contribution in [-0.4, -0.2) is 43.5 Å². The van der Waals surface area contributed by atoms with Crippen LogP contribution in [0, 0.1) is 5.92 Å². The van der Waals surface area contributed by atoms with Gasteiger partial charge in [0.1, 0.15) is 16.9 Å². The minimum absolute atomic E-state index is 0.171. The quantitative estimate of drug-likeness (QED) is 0.172. The van der Waals surface area contributed by atoms with E-state index in [2.05, 4.69) is 83.8 Å². The highest BCUT2D eigenvalue weighted by atomic mass is 16.7. The zero-order valence-corrected chi connectivity index (χ0v) is 25.6. The van der Waals surface area contributed by atoms with Crippen molar-refractivity contribution < 1.29 is 23.4 Å². The molecule has 0 radical (unpaired) electrons. The average molecular weight is 600 g/mol. The number of hydrogen-bond donors (Lipinski definition) is 0. The van der Waals surface area contributed by atoms with Crippen LogP contribution in [0.25, 0.3) is 21.7 Å². The van der Waals surface area contributed by atoms with Gasteiger partial charge in [0, 0.05) is 42.6 Å². The molecule has 0 unspecified atom stereocenters. The Morgan fingerprint density at radius 1 is 0.956 bits per heavy atom. The van der Waals surface area contributed by atoms with Gasteiger partial charge in [-0.05, 0) is 78.2 Å². The van der Waals surface area contributed by atoms with E-state index < -0.39 is 11.0 Å². The van der Waals surface area contributed by atoms with Gasteiger partial charge in [0.25, 0.3) is 0 Å². The molecule has 2 fully saturated rings. The number of likely N-dealkylation sites (tertiary alicyclic amines) is 1. The van der Waals surface area contributed by atoms with Gasteiger partial charge in [-0.2, -0.15) is 0 Å². The van der Waals surface area contributed by atoms with Gasteiger partial charge in [-0.1, -0.05) is 60.7 Å². The number of ether oxygens (including phenoxy) is 4. The molecule has 4 aromatic carbocycles. The van der Waals surface area contributed by atoms with Crippen molar-refractivity contribution in [2.24, 2.45) is 5.92 Å². The normalized spacial score (nSPS) is 27.8. The number of hydrogen-bond acceptors (Lipinski definition) is 6. The Bertz CT molecular complexity index is 1980. The molecule has 1 spiro atoms. The van der Waals surface area contributed by atoms with Crippen molar-refractivity contribution in [2.45, 2.75) is 61.9 Å². The Labute approximate surface area is 262 Å². The highest BCUT2D eigenvalue weighted by molar-refractivity contribution is 5.84. The van der Waals surface area contributed by atoms with Crippen LogP contribution in [0.3, 0.4) is 0 Å². The molecule has 2 bridgehead atoms. The standard InChI is InChI=1S/C39H37NO5/c1-41-23-42-32-15-14-28-19-33-39(43-22-25-12-13-26-6-2-3-7-27(26)18-25)20-30-29-8-4-5-9-31(29)44-35(30)37-38(39,34(28)36(32)45-37)16-17-40(33)21-24-10-11-24/h2-9,12-15,18,24,33,37H,10-11,16-17,19-23H2,1H3/t33-,37+,38+,39-/m1/s1. The number of methoxy groups -OCH3 is 1. The van der Waals surface area contributed by atoms with E-state index >= 15 is 0 Å². The zero-order chi connectivity index (χ0) is 29.8. The van der Waals surface area contributed by atoms with Gasteiger partial charge in [0.05, 0.1) is 12.0 Å². The first-order chi connectivity index (χ1) is 22.2. The van der Waals surface area contributed by atoms with E-state index in [1.54, 1.807) is 7.11 Å². The molecule has 10 rings (SSSR count). The smallest absolute Gasteiger partial charge is 0.188 e. The second-order valence-corrected chi connectivity index (χ2v) is 13.8. The molecule has 1 saturated carbocycles. The number of para-hydroxylation sites is 1. The summed E-state index contributed by atoms with van der Waals surface area (Å²) in [5.41, 5.74) is 5.08. The van der Waals surface area contributed by atoms with Crippen LogP contribution in [0.2, 0.25) is 0 Å². The summed E-state index contributed by atoms with van der Waals surface area (Å²) in [5, 5.41) is 3.67. The van der Waals surface area contributed by atoms with Gasteiger partial charge in [0.2, 0.25) is 0 Å². The Kier molecular flexibility index (Phi) is 5.62. The number of rotatable bonds is 8. The van der Waals surface area contributed by atoms with Crippen molar-refractivity contribution in [3.8, 4) is 11.5 Å². The highest BCUT2D eigenvalue weighted by Crippen LogP contribution is 2.70. The maximum atomic E-state index is 7.63. The van der Waals surface area contributed by atoms with Crippen molar-refractivity contribution in [1.29, 1.82) is 0 Å². The SMILES string of the molecule is COCOc1ccc2c3c1O[C@H]1c4oc5ccccc5c4C[C@@]4(OCc5ccc6ccccc6c5)[C@@H](C2)N(CC2CC2)CC[C@]314. The molecule has 5 aromatic rings. The molecule has 45 heavy (non-hydrogen) atoms. The average Bonchev–Trinajstić information content (AvgIpc) is 3.72. The van der Waals surface area contributed by atoms with Crippen molar-refractivity contribution in [3.63, 3.8) is 0 Å². The lowest BCUT2D eigenvalue weighted by Crippen LogP contribution is -2.75. The molecule has 3 aliphatic carbocycles. The van der Waals surface area contributed by atoms with Gasteiger partial charge in [-0.25, -0.2) is 0 Å². The summed E-state index contributed by atoms with van der Waals surface area (Å²) in [7, 11) is 1.66. The topological polar surface area (TPSA) is 53.3 Å². The third-order valence-corrected chi connectivity index (χ3v) is 11.5. The number of furan rings is 1. The highest BCUT2D eigenvalue weighted by Gasteiger charge is 2.74. The fourth-order valence-electron chi connectivity index (χ4n) is 9.43. The van der Waals surface area contributed by atoms with Gasteiger partial charge in [0.15, 0.2) is 24.4 Å². The minimum Gasteiger partial charge on any atom is -0.477 e. The molecule has 5 aliphatic rings. The van der Waals surface area contributed by atoms with Crippen molar-refractivity contribution in [1.82, 2.24) is 4.90 Å². The van der Waals surface area contributed by atoms with Crippen LogP contribution in [-0.2, 0) is 34.3 Å². The summed E-state index contributed by atoms with van der Waals surface area (Å²) in [6.45, 7) is 2.89. The van der Waals surface area contributed by atoms with Crippen LogP contribution in [0.5, 0.6) is 11.5 Å². The van der Waals surface area contributed by atoms with E-state index in [0.29, 0.717) is 6.61 Å². The Morgan fingerprint density at radius 2 is 1.82 bits per heavy atom. The predicted molar refractivity (Wildman–Crippen MR) is 172 cm³/mol. The lowest BCUT2D eigenvalue weighted by atomic mass is 9.49. The second-order valence-electron chi connectivity index (χ2n) is 13.8. The Balaban J connectivity index is 1.19. The van der Waals surface area contributed by atoms with Crippen LogP contribution in [0.15, 0.2) is 83.3 Å². The monoisotopic (exact) mass is 599 g/mol. The fraction of sp³-hybridized carbons (Fsp3) is 0.385. The third kappa shape index (κ3) is 3.62. The van der Waals surface area contributed by atoms with E-state index in [1.165, 1.54) is 51.3 Å². The van der Waals surface area contributed by atoms with Crippen molar-refractivity contribution in [3.05, 3.63) is 107 Å². The molecular formula is C39H37NO5. The first kappa shape index (κ1) is 26.4.